The summed E-state index contributed by atoms with van der Waals surface area (Å²) in [6, 6.07) is 6.14. The third kappa shape index (κ3) is 3.20. The highest BCUT2D eigenvalue weighted by Crippen LogP contribution is 2.27. The summed E-state index contributed by atoms with van der Waals surface area (Å²) < 4.78 is 22.8. The lowest BCUT2D eigenvalue weighted by atomic mass is 10.2. The summed E-state index contributed by atoms with van der Waals surface area (Å²) in [6.45, 7) is 0. The molecule has 4 heteroatoms. The number of ether oxygens (including phenoxy) is 2. The Morgan fingerprint density at radius 3 is 2.61 bits per heavy atom. The van der Waals surface area contributed by atoms with Crippen LogP contribution in [0.3, 0.4) is 0 Å². The van der Waals surface area contributed by atoms with Crippen LogP contribution in [0.4, 0.5) is 4.39 Å². The van der Waals surface area contributed by atoms with Crippen molar-refractivity contribution in [1.82, 2.24) is 0 Å². The van der Waals surface area contributed by atoms with E-state index in [2.05, 4.69) is 4.74 Å². The number of hydrogen-bond donors (Lipinski definition) is 0. The van der Waals surface area contributed by atoms with Crippen molar-refractivity contribution >= 4 is 12.0 Å². The topological polar surface area (TPSA) is 35.5 Å². The zero-order chi connectivity index (χ0) is 13.0. The van der Waals surface area contributed by atoms with E-state index in [1.807, 2.05) is 6.08 Å². The van der Waals surface area contributed by atoms with Gasteiger partial charge in [-0.05, 0) is 23.8 Å². The number of rotatable bonds is 2. The lowest BCUT2D eigenvalue weighted by Crippen LogP contribution is -1.96. The van der Waals surface area contributed by atoms with Crippen molar-refractivity contribution < 1.29 is 18.7 Å². The summed E-state index contributed by atoms with van der Waals surface area (Å²) >= 11 is 0. The normalized spacial score (nSPS) is 19.0. The van der Waals surface area contributed by atoms with Gasteiger partial charge in [0, 0.05) is 12.8 Å². The Labute approximate surface area is 105 Å². The fourth-order valence-electron chi connectivity index (χ4n) is 1.66. The smallest absolute Gasteiger partial charge is 0.333 e. The number of allylic oxidation sites excluding steroid dienone is 2. The van der Waals surface area contributed by atoms with E-state index in [1.165, 1.54) is 25.3 Å². The zero-order valence-corrected chi connectivity index (χ0v) is 9.98. The highest BCUT2D eigenvalue weighted by molar-refractivity contribution is 5.82. The number of hydrogen-bond acceptors (Lipinski definition) is 3. The Kier molecular flexibility index (Phi) is 3.77. The van der Waals surface area contributed by atoms with Crippen LogP contribution in [-0.2, 0) is 14.3 Å². The molecule has 0 N–H and O–H groups in total. The zero-order valence-electron chi connectivity index (χ0n) is 9.98. The van der Waals surface area contributed by atoms with Crippen LogP contribution in [0.1, 0.15) is 18.4 Å². The number of carbonyl (C=O) groups is 1. The van der Waals surface area contributed by atoms with Gasteiger partial charge in [0.05, 0.1) is 13.2 Å². The number of methoxy groups -OCH3 is 1. The third-order valence-corrected chi connectivity index (χ3v) is 2.56. The first-order chi connectivity index (χ1) is 8.67. The van der Waals surface area contributed by atoms with Crippen LogP contribution in [0.25, 0.3) is 6.08 Å². The minimum atomic E-state index is -0.423. The maximum absolute atomic E-state index is 12.7. The molecule has 2 rings (SSSR count). The molecule has 1 saturated heterocycles. The summed E-state index contributed by atoms with van der Waals surface area (Å²) in [6.07, 6.45) is 4.56. The van der Waals surface area contributed by atoms with Gasteiger partial charge in [-0.1, -0.05) is 12.1 Å². The van der Waals surface area contributed by atoms with E-state index in [0.29, 0.717) is 12.2 Å². The van der Waals surface area contributed by atoms with Gasteiger partial charge < -0.3 is 9.47 Å². The molecule has 0 unspecified atom stereocenters. The summed E-state index contributed by atoms with van der Waals surface area (Å²) in [5, 5.41) is 0. The lowest BCUT2D eigenvalue weighted by Gasteiger charge is -2.00. The van der Waals surface area contributed by atoms with Crippen molar-refractivity contribution in [2.45, 2.75) is 12.8 Å². The molecular formula is C14H13FO3. The molecule has 0 aromatic heterocycles. The molecule has 0 amide bonds. The highest BCUT2D eigenvalue weighted by atomic mass is 19.1. The minimum absolute atomic E-state index is 0.268. The van der Waals surface area contributed by atoms with Crippen LogP contribution in [-0.4, -0.2) is 13.1 Å². The average Bonchev–Trinajstić information content (AvgIpc) is 2.79. The fourth-order valence-corrected chi connectivity index (χ4v) is 1.66. The molecule has 1 aliphatic rings. The van der Waals surface area contributed by atoms with Crippen molar-refractivity contribution in [2.24, 2.45) is 0 Å². The van der Waals surface area contributed by atoms with Crippen molar-refractivity contribution in [3.05, 3.63) is 53.2 Å². The number of halogens is 1. The Balaban J connectivity index is 2.06. The molecule has 1 aliphatic heterocycles. The minimum Gasteiger partial charge on any atom is -0.466 e. The second-order valence-electron chi connectivity index (χ2n) is 3.90. The van der Waals surface area contributed by atoms with Gasteiger partial charge in [0.1, 0.15) is 17.3 Å². The van der Waals surface area contributed by atoms with E-state index in [9.17, 15) is 9.18 Å². The number of carbonyl (C=O) groups excluding carboxylic acids is 1. The van der Waals surface area contributed by atoms with Gasteiger partial charge in [0.25, 0.3) is 0 Å². The first kappa shape index (κ1) is 12.4. The van der Waals surface area contributed by atoms with Crippen molar-refractivity contribution in [1.29, 1.82) is 0 Å². The fraction of sp³-hybridized carbons (Fsp3) is 0.214. The van der Waals surface area contributed by atoms with Crippen LogP contribution in [0.5, 0.6) is 0 Å². The van der Waals surface area contributed by atoms with Gasteiger partial charge in [-0.15, -0.1) is 0 Å². The molecule has 18 heavy (non-hydrogen) atoms. The van der Waals surface area contributed by atoms with E-state index in [0.717, 1.165) is 17.7 Å². The monoisotopic (exact) mass is 248 g/mol. The second-order valence-corrected chi connectivity index (χ2v) is 3.90. The van der Waals surface area contributed by atoms with Crippen molar-refractivity contribution in [3.8, 4) is 0 Å². The third-order valence-electron chi connectivity index (χ3n) is 2.56. The Hall–Kier alpha value is -2.10. The van der Waals surface area contributed by atoms with Crippen LogP contribution < -0.4 is 0 Å². The van der Waals surface area contributed by atoms with Crippen LogP contribution >= 0.6 is 0 Å². The van der Waals surface area contributed by atoms with E-state index >= 15 is 0 Å². The summed E-state index contributed by atoms with van der Waals surface area (Å²) in [5.41, 5.74) is 0.866. The molecule has 1 fully saturated rings. The van der Waals surface area contributed by atoms with E-state index < -0.39 is 5.97 Å². The van der Waals surface area contributed by atoms with Gasteiger partial charge in [0.2, 0.25) is 0 Å². The predicted octanol–water partition coefficient (Wildman–Crippen LogP) is 3.03. The van der Waals surface area contributed by atoms with E-state index in [4.69, 9.17) is 4.74 Å². The first-order valence-electron chi connectivity index (χ1n) is 5.60. The first-order valence-corrected chi connectivity index (χ1v) is 5.60. The summed E-state index contributed by atoms with van der Waals surface area (Å²) in [5.74, 6) is 0.663. The molecule has 0 saturated carbocycles. The van der Waals surface area contributed by atoms with Crippen LogP contribution in [0, 0.1) is 5.82 Å². The molecule has 0 radical (unpaired) electrons. The van der Waals surface area contributed by atoms with Crippen LogP contribution in [0.15, 0.2) is 41.9 Å². The number of benzene rings is 1. The van der Waals surface area contributed by atoms with Gasteiger partial charge >= 0.3 is 5.97 Å². The predicted molar refractivity (Wildman–Crippen MR) is 64.8 cm³/mol. The molecule has 1 heterocycles. The lowest BCUT2D eigenvalue weighted by molar-refractivity contribution is -0.135. The van der Waals surface area contributed by atoms with Gasteiger partial charge in [-0.25, -0.2) is 9.18 Å². The number of esters is 1. The Bertz CT molecular complexity index is 500. The van der Waals surface area contributed by atoms with Crippen LogP contribution in [0.2, 0.25) is 0 Å². The molecule has 1 aromatic carbocycles. The van der Waals surface area contributed by atoms with E-state index in [-0.39, 0.29) is 5.82 Å². The van der Waals surface area contributed by atoms with Gasteiger partial charge in [-0.2, -0.15) is 0 Å². The summed E-state index contributed by atoms with van der Waals surface area (Å²) in [7, 11) is 1.32. The molecule has 3 nitrogen and oxygen atoms in total. The van der Waals surface area contributed by atoms with Gasteiger partial charge in [-0.3, -0.25) is 0 Å². The second kappa shape index (κ2) is 5.49. The standard InChI is InChI=1S/C14H13FO3/c1-17-14(16)9-13-7-6-12(18-13)8-10-2-4-11(15)5-3-10/h2-5,8-9H,6-7H2,1H3/b12-8+,13-9-. The Morgan fingerprint density at radius 2 is 1.94 bits per heavy atom. The van der Waals surface area contributed by atoms with Crippen molar-refractivity contribution in [2.75, 3.05) is 7.11 Å². The quantitative estimate of drug-likeness (QED) is 0.596. The molecule has 0 atom stereocenters. The maximum atomic E-state index is 12.7. The molecular weight excluding hydrogens is 235 g/mol. The Morgan fingerprint density at radius 1 is 1.28 bits per heavy atom. The molecule has 0 aliphatic carbocycles. The SMILES string of the molecule is COC(=O)/C=C1/CC/C(=C\c2ccc(F)cc2)O1. The maximum Gasteiger partial charge on any atom is 0.333 e. The molecule has 0 spiro atoms. The molecule has 94 valence electrons. The average molecular weight is 248 g/mol. The summed E-state index contributed by atoms with van der Waals surface area (Å²) in [4.78, 5) is 11.0. The highest BCUT2D eigenvalue weighted by Gasteiger charge is 2.15. The van der Waals surface area contributed by atoms with Gasteiger partial charge in [0.15, 0.2) is 0 Å². The van der Waals surface area contributed by atoms with Crippen molar-refractivity contribution in [3.63, 3.8) is 0 Å². The largest absolute Gasteiger partial charge is 0.466 e. The molecule has 1 aromatic rings. The van der Waals surface area contributed by atoms with E-state index in [1.54, 1.807) is 12.1 Å². The molecule has 0 bridgehead atoms.